The first-order valence-electron chi connectivity index (χ1n) is 5.30. The third kappa shape index (κ3) is 3.37. The van der Waals surface area contributed by atoms with E-state index in [-0.39, 0.29) is 18.0 Å². The van der Waals surface area contributed by atoms with Crippen LogP contribution < -0.4 is 0 Å². The Hall–Kier alpha value is -0.530. The van der Waals surface area contributed by atoms with E-state index in [4.69, 9.17) is 4.74 Å². The summed E-state index contributed by atoms with van der Waals surface area (Å²) in [5, 5.41) is 0. The molecule has 76 valence electrons. The monoisotopic (exact) mass is 184 g/mol. The lowest BCUT2D eigenvalue weighted by Gasteiger charge is -2.25. The summed E-state index contributed by atoms with van der Waals surface area (Å²) in [7, 11) is 0. The number of ether oxygens (including phenoxy) is 1. The Kier molecular flexibility index (Phi) is 3.76. The molecule has 0 saturated heterocycles. The van der Waals surface area contributed by atoms with Crippen molar-refractivity contribution in [3.05, 3.63) is 0 Å². The standard InChI is InChI=1S/C11H20O2/c1-8(2)13-11(12)10-6-4-5-9(3)7-10/h8-10H,4-7H2,1-3H3/t9-,10+/m1/s1. The molecule has 1 saturated carbocycles. The molecule has 0 radical (unpaired) electrons. The van der Waals surface area contributed by atoms with Crippen LogP contribution in [0, 0.1) is 11.8 Å². The van der Waals surface area contributed by atoms with E-state index < -0.39 is 0 Å². The molecule has 0 heterocycles. The molecule has 0 aromatic carbocycles. The Balaban J connectivity index is 2.37. The minimum atomic E-state index is 0.0153. The first-order valence-corrected chi connectivity index (χ1v) is 5.30. The average molecular weight is 184 g/mol. The smallest absolute Gasteiger partial charge is 0.309 e. The van der Waals surface area contributed by atoms with Crippen molar-refractivity contribution in [2.45, 2.75) is 52.6 Å². The molecule has 2 atom stereocenters. The molecule has 0 spiro atoms. The van der Waals surface area contributed by atoms with Gasteiger partial charge in [-0.2, -0.15) is 0 Å². The van der Waals surface area contributed by atoms with Gasteiger partial charge in [-0.3, -0.25) is 4.79 Å². The fourth-order valence-electron chi connectivity index (χ4n) is 1.98. The fraction of sp³-hybridized carbons (Fsp3) is 0.909. The molecule has 1 aliphatic rings. The summed E-state index contributed by atoms with van der Waals surface area (Å²) < 4.78 is 5.20. The molecule has 1 rings (SSSR count). The third-order valence-electron chi connectivity index (χ3n) is 2.62. The number of carbonyl (C=O) groups excluding carboxylic acids is 1. The molecule has 0 amide bonds. The Bertz CT molecular complexity index is 175. The van der Waals surface area contributed by atoms with Crippen LogP contribution >= 0.6 is 0 Å². The highest BCUT2D eigenvalue weighted by Crippen LogP contribution is 2.29. The van der Waals surface area contributed by atoms with Crippen molar-refractivity contribution in [2.24, 2.45) is 11.8 Å². The molecule has 0 aromatic heterocycles. The highest BCUT2D eigenvalue weighted by atomic mass is 16.5. The minimum Gasteiger partial charge on any atom is -0.463 e. The van der Waals surface area contributed by atoms with Crippen LogP contribution in [0.1, 0.15) is 46.5 Å². The lowest BCUT2D eigenvalue weighted by atomic mass is 9.82. The van der Waals surface area contributed by atoms with Crippen LogP contribution in [0.3, 0.4) is 0 Å². The van der Waals surface area contributed by atoms with Crippen molar-refractivity contribution >= 4 is 5.97 Å². The van der Waals surface area contributed by atoms with Crippen molar-refractivity contribution in [1.82, 2.24) is 0 Å². The zero-order chi connectivity index (χ0) is 9.84. The number of hydrogen-bond acceptors (Lipinski definition) is 2. The number of hydrogen-bond donors (Lipinski definition) is 0. The van der Waals surface area contributed by atoms with Gasteiger partial charge in [0.25, 0.3) is 0 Å². The topological polar surface area (TPSA) is 26.3 Å². The summed E-state index contributed by atoms with van der Waals surface area (Å²) in [5.41, 5.74) is 0. The largest absolute Gasteiger partial charge is 0.463 e. The molecule has 2 heteroatoms. The normalized spacial score (nSPS) is 28.9. The molecule has 1 aliphatic carbocycles. The first kappa shape index (κ1) is 10.6. The number of carbonyl (C=O) groups is 1. The lowest BCUT2D eigenvalue weighted by molar-refractivity contribution is -0.154. The molecule has 0 aromatic rings. The van der Waals surface area contributed by atoms with Crippen LogP contribution in [0.15, 0.2) is 0 Å². The van der Waals surface area contributed by atoms with E-state index in [0.717, 1.165) is 12.8 Å². The Morgan fingerprint density at radius 3 is 2.62 bits per heavy atom. The van der Waals surface area contributed by atoms with Gasteiger partial charge in [-0.05, 0) is 32.6 Å². The van der Waals surface area contributed by atoms with Gasteiger partial charge in [0.1, 0.15) is 0 Å². The van der Waals surface area contributed by atoms with E-state index in [9.17, 15) is 4.79 Å². The maximum atomic E-state index is 11.5. The molecule has 0 aliphatic heterocycles. The lowest BCUT2D eigenvalue weighted by Crippen LogP contribution is -2.25. The van der Waals surface area contributed by atoms with Gasteiger partial charge in [0, 0.05) is 0 Å². The van der Waals surface area contributed by atoms with Crippen molar-refractivity contribution in [3.63, 3.8) is 0 Å². The quantitative estimate of drug-likeness (QED) is 0.617. The van der Waals surface area contributed by atoms with E-state index in [0.29, 0.717) is 5.92 Å². The van der Waals surface area contributed by atoms with Crippen molar-refractivity contribution in [3.8, 4) is 0 Å². The van der Waals surface area contributed by atoms with Gasteiger partial charge in [0.15, 0.2) is 0 Å². The predicted molar refractivity (Wildman–Crippen MR) is 52.4 cm³/mol. The second kappa shape index (κ2) is 4.64. The summed E-state index contributed by atoms with van der Waals surface area (Å²) in [4.78, 5) is 11.5. The summed E-state index contributed by atoms with van der Waals surface area (Å²) >= 11 is 0. The summed E-state index contributed by atoms with van der Waals surface area (Å²) in [5.74, 6) is 0.881. The summed E-state index contributed by atoms with van der Waals surface area (Å²) in [6, 6.07) is 0. The molecule has 2 nitrogen and oxygen atoms in total. The molecule has 1 fully saturated rings. The van der Waals surface area contributed by atoms with Crippen LogP contribution in [-0.4, -0.2) is 12.1 Å². The van der Waals surface area contributed by atoms with Crippen LogP contribution in [0.25, 0.3) is 0 Å². The molecule has 0 unspecified atom stereocenters. The highest BCUT2D eigenvalue weighted by molar-refractivity contribution is 5.72. The van der Waals surface area contributed by atoms with Crippen LogP contribution in [0.5, 0.6) is 0 Å². The zero-order valence-electron chi connectivity index (χ0n) is 8.88. The van der Waals surface area contributed by atoms with Gasteiger partial charge in [0.05, 0.1) is 12.0 Å². The number of rotatable bonds is 2. The molecular weight excluding hydrogens is 164 g/mol. The Morgan fingerprint density at radius 1 is 1.38 bits per heavy atom. The second-order valence-corrected chi connectivity index (χ2v) is 4.45. The van der Waals surface area contributed by atoms with Gasteiger partial charge in [-0.1, -0.05) is 19.8 Å². The second-order valence-electron chi connectivity index (χ2n) is 4.45. The molecule has 13 heavy (non-hydrogen) atoms. The summed E-state index contributed by atoms with van der Waals surface area (Å²) in [6.07, 6.45) is 4.52. The Labute approximate surface area is 80.7 Å². The maximum Gasteiger partial charge on any atom is 0.309 e. The third-order valence-corrected chi connectivity index (χ3v) is 2.62. The predicted octanol–water partition coefficient (Wildman–Crippen LogP) is 2.76. The van der Waals surface area contributed by atoms with E-state index >= 15 is 0 Å². The summed E-state index contributed by atoms with van der Waals surface area (Å²) in [6.45, 7) is 6.03. The fourth-order valence-corrected chi connectivity index (χ4v) is 1.98. The van der Waals surface area contributed by atoms with Crippen LogP contribution in [0.4, 0.5) is 0 Å². The van der Waals surface area contributed by atoms with Crippen LogP contribution in [0.2, 0.25) is 0 Å². The van der Waals surface area contributed by atoms with E-state index in [2.05, 4.69) is 6.92 Å². The molecule has 0 bridgehead atoms. The van der Waals surface area contributed by atoms with Gasteiger partial charge < -0.3 is 4.74 Å². The molecular formula is C11H20O2. The van der Waals surface area contributed by atoms with Crippen molar-refractivity contribution in [1.29, 1.82) is 0 Å². The maximum absolute atomic E-state index is 11.5. The number of esters is 1. The minimum absolute atomic E-state index is 0.0153. The van der Waals surface area contributed by atoms with Gasteiger partial charge in [0.2, 0.25) is 0 Å². The Morgan fingerprint density at radius 2 is 2.08 bits per heavy atom. The van der Waals surface area contributed by atoms with E-state index in [1.807, 2.05) is 13.8 Å². The first-order chi connectivity index (χ1) is 6.09. The van der Waals surface area contributed by atoms with Gasteiger partial charge in [-0.25, -0.2) is 0 Å². The van der Waals surface area contributed by atoms with E-state index in [1.165, 1.54) is 12.8 Å². The van der Waals surface area contributed by atoms with Crippen LogP contribution in [-0.2, 0) is 9.53 Å². The zero-order valence-corrected chi connectivity index (χ0v) is 8.88. The van der Waals surface area contributed by atoms with Gasteiger partial charge in [-0.15, -0.1) is 0 Å². The van der Waals surface area contributed by atoms with E-state index in [1.54, 1.807) is 0 Å². The average Bonchev–Trinajstić information content (AvgIpc) is 2.03. The van der Waals surface area contributed by atoms with Gasteiger partial charge >= 0.3 is 5.97 Å². The SMILES string of the molecule is CC(C)OC(=O)[C@H]1CCC[C@@H](C)C1. The van der Waals surface area contributed by atoms with Crippen molar-refractivity contribution < 1.29 is 9.53 Å². The highest BCUT2D eigenvalue weighted by Gasteiger charge is 2.26. The molecule has 0 N–H and O–H groups in total. The van der Waals surface area contributed by atoms with Crippen molar-refractivity contribution in [2.75, 3.05) is 0 Å².